The zero-order chi connectivity index (χ0) is 11.7. The second-order valence-corrected chi connectivity index (χ2v) is 4.55. The standard InChI is InChI=1S/C14H14ClN/c1-9-6-11(3)13(7-10(9)2)14-8-12(15)4-5-16-14/h4-8H,1-3H3. The van der Waals surface area contributed by atoms with Gasteiger partial charge in [0.2, 0.25) is 0 Å². The van der Waals surface area contributed by atoms with E-state index in [9.17, 15) is 0 Å². The van der Waals surface area contributed by atoms with Gasteiger partial charge in [0, 0.05) is 16.8 Å². The normalized spacial score (nSPS) is 10.5. The van der Waals surface area contributed by atoms with E-state index in [1.54, 1.807) is 12.3 Å². The monoisotopic (exact) mass is 231 g/mol. The molecule has 16 heavy (non-hydrogen) atoms. The van der Waals surface area contributed by atoms with Crippen LogP contribution in [0.2, 0.25) is 5.02 Å². The van der Waals surface area contributed by atoms with Crippen molar-refractivity contribution in [1.29, 1.82) is 0 Å². The second-order valence-electron chi connectivity index (χ2n) is 4.11. The Morgan fingerprint density at radius 2 is 1.62 bits per heavy atom. The average molecular weight is 232 g/mol. The summed E-state index contributed by atoms with van der Waals surface area (Å²) in [7, 11) is 0. The molecule has 2 rings (SSSR count). The summed E-state index contributed by atoms with van der Waals surface area (Å²) in [5.41, 5.74) is 5.92. The molecule has 2 heteroatoms. The molecule has 1 aromatic carbocycles. The molecule has 0 bridgehead atoms. The molecule has 1 nitrogen and oxygen atoms in total. The van der Waals surface area contributed by atoms with Crippen molar-refractivity contribution >= 4 is 11.6 Å². The quantitative estimate of drug-likeness (QED) is 0.712. The molecule has 2 aromatic rings. The van der Waals surface area contributed by atoms with Gasteiger partial charge in [0.05, 0.1) is 5.69 Å². The molecule has 0 unspecified atom stereocenters. The maximum absolute atomic E-state index is 5.98. The van der Waals surface area contributed by atoms with Crippen molar-refractivity contribution in [3.8, 4) is 11.3 Å². The van der Waals surface area contributed by atoms with E-state index in [0.717, 1.165) is 16.3 Å². The molecule has 1 aromatic heterocycles. The lowest BCUT2D eigenvalue weighted by Crippen LogP contribution is -1.90. The van der Waals surface area contributed by atoms with Crippen molar-refractivity contribution in [3.05, 3.63) is 52.2 Å². The number of halogens is 1. The molecule has 1 heterocycles. The van der Waals surface area contributed by atoms with Crippen molar-refractivity contribution < 1.29 is 0 Å². The number of rotatable bonds is 1. The van der Waals surface area contributed by atoms with Crippen LogP contribution in [0.3, 0.4) is 0 Å². The van der Waals surface area contributed by atoms with Crippen molar-refractivity contribution in [2.24, 2.45) is 0 Å². The number of nitrogens with zero attached hydrogens (tertiary/aromatic N) is 1. The summed E-state index contributed by atoms with van der Waals surface area (Å²) in [6, 6.07) is 8.05. The number of hydrogen-bond acceptors (Lipinski definition) is 1. The Morgan fingerprint density at radius 1 is 0.938 bits per heavy atom. The molecule has 0 aliphatic rings. The van der Waals surface area contributed by atoms with Gasteiger partial charge in [-0.1, -0.05) is 17.7 Å². The summed E-state index contributed by atoms with van der Waals surface area (Å²) in [5.74, 6) is 0. The lowest BCUT2D eigenvalue weighted by molar-refractivity contribution is 1.26. The van der Waals surface area contributed by atoms with Gasteiger partial charge in [-0.15, -0.1) is 0 Å². The van der Waals surface area contributed by atoms with Crippen LogP contribution in [0.5, 0.6) is 0 Å². The van der Waals surface area contributed by atoms with Crippen LogP contribution in [0.25, 0.3) is 11.3 Å². The number of aromatic nitrogens is 1. The fourth-order valence-corrected chi connectivity index (χ4v) is 1.95. The average Bonchev–Trinajstić information content (AvgIpc) is 2.23. The summed E-state index contributed by atoms with van der Waals surface area (Å²) in [6.45, 7) is 6.34. The smallest absolute Gasteiger partial charge is 0.0719 e. The van der Waals surface area contributed by atoms with E-state index < -0.39 is 0 Å². The van der Waals surface area contributed by atoms with Crippen molar-refractivity contribution in [3.63, 3.8) is 0 Å². The van der Waals surface area contributed by atoms with Gasteiger partial charge < -0.3 is 0 Å². The number of aryl methyl sites for hydroxylation is 3. The van der Waals surface area contributed by atoms with Gasteiger partial charge in [0.25, 0.3) is 0 Å². The topological polar surface area (TPSA) is 12.9 Å². The predicted octanol–water partition coefficient (Wildman–Crippen LogP) is 4.33. The highest BCUT2D eigenvalue weighted by atomic mass is 35.5. The van der Waals surface area contributed by atoms with Crippen LogP contribution in [-0.2, 0) is 0 Å². The summed E-state index contributed by atoms with van der Waals surface area (Å²) < 4.78 is 0. The van der Waals surface area contributed by atoms with Crippen LogP contribution in [0.15, 0.2) is 30.5 Å². The van der Waals surface area contributed by atoms with E-state index in [1.165, 1.54) is 16.7 Å². The van der Waals surface area contributed by atoms with Gasteiger partial charge in [-0.2, -0.15) is 0 Å². The maximum Gasteiger partial charge on any atom is 0.0719 e. The molecular weight excluding hydrogens is 218 g/mol. The van der Waals surface area contributed by atoms with E-state index in [0.29, 0.717) is 0 Å². The first kappa shape index (κ1) is 11.2. The van der Waals surface area contributed by atoms with Gasteiger partial charge in [-0.05, 0) is 55.7 Å². The fourth-order valence-electron chi connectivity index (χ4n) is 1.79. The molecule has 0 fully saturated rings. The first-order valence-electron chi connectivity index (χ1n) is 5.27. The van der Waals surface area contributed by atoms with Crippen molar-refractivity contribution in [2.45, 2.75) is 20.8 Å². The van der Waals surface area contributed by atoms with E-state index in [1.807, 2.05) is 6.07 Å². The Bertz CT molecular complexity index is 532. The Balaban J connectivity index is 2.60. The van der Waals surface area contributed by atoms with E-state index in [-0.39, 0.29) is 0 Å². The van der Waals surface area contributed by atoms with Gasteiger partial charge >= 0.3 is 0 Å². The molecule has 0 spiro atoms. The highest BCUT2D eigenvalue weighted by Crippen LogP contribution is 2.26. The third-order valence-electron chi connectivity index (χ3n) is 2.84. The highest BCUT2D eigenvalue weighted by Gasteiger charge is 2.06. The Labute approximate surface area is 101 Å². The van der Waals surface area contributed by atoms with E-state index in [2.05, 4.69) is 37.9 Å². The molecule has 82 valence electrons. The van der Waals surface area contributed by atoms with Crippen LogP contribution in [0.4, 0.5) is 0 Å². The minimum atomic E-state index is 0.725. The molecule has 0 saturated carbocycles. The first-order chi connectivity index (χ1) is 7.58. The van der Waals surface area contributed by atoms with Crippen LogP contribution in [-0.4, -0.2) is 4.98 Å². The second kappa shape index (κ2) is 4.26. The third kappa shape index (κ3) is 2.10. The van der Waals surface area contributed by atoms with E-state index >= 15 is 0 Å². The van der Waals surface area contributed by atoms with Crippen LogP contribution in [0.1, 0.15) is 16.7 Å². The van der Waals surface area contributed by atoms with Gasteiger partial charge in [-0.3, -0.25) is 4.98 Å². The minimum Gasteiger partial charge on any atom is -0.256 e. The number of pyridine rings is 1. The molecule has 0 N–H and O–H groups in total. The molecular formula is C14H14ClN. The molecule has 0 radical (unpaired) electrons. The largest absolute Gasteiger partial charge is 0.256 e. The summed E-state index contributed by atoms with van der Waals surface area (Å²) in [4.78, 5) is 4.36. The molecule has 0 saturated heterocycles. The van der Waals surface area contributed by atoms with Gasteiger partial charge in [-0.25, -0.2) is 0 Å². The third-order valence-corrected chi connectivity index (χ3v) is 3.07. The van der Waals surface area contributed by atoms with Crippen molar-refractivity contribution in [1.82, 2.24) is 4.98 Å². The van der Waals surface area contributed by atoms with Crippen LogP contribution >= 0.6 is 11.6 Å². The maximum atomic E-state index is 5.98. The molecule has 0 amide bonds. The minimum absolute atomic E-state index is 0.725. The zero-order valence-corrected chi connectivity index (χ0v) is 10.5. The number of hydrogen-bond donors (Lipinski definition) is 0. The Hall–Kier alpha value is -1.34. The molecule has 0 aliphatic carbocycles. The van der Waals surface area contributed by atoms with Crippen LogP contribution < -0.4 is 0 Å². The first-order valence-corrected chi connectivity index (χ1v) is 5.65. The zero-order valence-electron chi connectivity index (χ0n) is 9.71. The Kier molecular flexibility index (Phi) is 2.97. The van der Waals surface area contributed by atoms with Crippen LogP contribution in [0, 0.1) is 20.8 Å². The molecule has 0 aliphatic heterocycles. The number of benzene rings is 1. The van der Waals surface area contributed by atoms with Gasteiger partial charge in [0.15, 0.2) is 0 Å². The lowest BCUT2D eigenvalue weighted by atomic mass is 9.98. The van der Waals surface area contributed by atoms with Crippen molar-refractivity contribution in [2.75, 3.05) is 0 Å². The summed E-state index contributed by atoms with van der Waals surface area (Å²) in [5, 5.41) is 0.725. The summed E-state index contributed by atoms with van der Waals surface area (Å²) >= 11 is 5.98. The fraction of sp³-hybridized carbons (Fsp3) is 0.214. The predicted molar refractivity (Wildman–Crippen MR) is 68.9 cm³/mol. The van der Waals surface area contributed by atoms with E-state index in [4.69, 9.17) is 11.6 Å². The highest BCUT2D eigenvalue weighted by molar-refractivity contribution is 6.30. The lowest BCUT2D eigenvalue weighted by Gasteiger charge is -2.09. The SMILES string of the molecule is Cc1cc(C)c(-c2cc(Cl)ccn2)cc1C. The molecule has 0 atom stereocenters. The van der Waals surface area contributed by atoms with Gasteiger partial charge in [0.1, 0.15) is 0 Å². The Morgan fingerprint density at radius 3 is 2.31 bits per heavy atom. The summed E-state index contributed by atoms with van der Waals surface area (Å²) in [6.07, 6.45) is 1.74.